The second-order valence-electron chi connectivity index (χ2n) is 5.68. The van der Waals surface area contributed by atoms with E-state index < -0.39 is 5.97 Å². The fourth-order valence-corrected chi connectivity index (χ4v) is 4.06. The molecule has 3 heteroatoms. The van der Waals surface area contributed by atoms with E-state index in [1.54, 1.807) is 0 Å². The molecule has 3 nitrogen and oxygen atoms in total. The van der Waals surface area contributed by atoms with Crippen molar-refractivity contribution in [1.29, 1.82) is 0 Å². The Hall–Kier alpha value is -0.830. The van der Waals surface area contributed by atoms with E-state index in [1.165, 1.54) is 19.3 Å². The van der Waals surface area contributed by atoms with E-state index in [0.29, 0.717) is 0 Å². The minimum atomic E-state index is -0.981. The number of carboxylic acid groups (broad SMARTS) is 1. The smallest absolute Gasteiger partial charge is 0.327 e. The Morgan fingerprint density at radius 2 is 1.44 bits per heavy atom. The number of rotatable bonds is 1. The van der Waals surface area contributed by atoms with Gasteiger partial charge in [-0.3, -0.25) is 0 Å². The molecule has 0 aliphatic heterocycles. The van der Waals surface area contributed by atoms with Gasteiger partial charge in [0, 0.05) is 6.08 Å². The second-order valence-corrected chi connectivity index (χ2v) is 5.68. The third-order valence-electron chi connectivity index (χ3n) is 4.18. The van der Waals surface area contributed by atoms with Gasteiger partial charge in [0.1, 0.15) is 0 Å². The molecule has 4 rings (SSSR count). The first kappa shape index (κ1) is 11.6. The molecule has 0 aromatic rings. The molecule has 4 saturated carbocycles. The summed E-state index contributed by atoms with van der Waals surface area (Å²) < 4.78 is 0. The number of carbonyl (C=O) groups is 1. The van der Waals surface area contributed by atoms with Crippen LogP contribution >= 0.6 is 0 Å². The van der Waals surface area contributed by atoms with E-state index in [9.17, 15) is 9.90 Å². The van der Waals surface area contributed by atoms with E-state index >= 15 is 0 Å². The van der Waals surface area contributed by atoms with Gasteiger partial charge >= 0.3 is 5.97 Å². The molecule has 4 aliphatic rings. The molecule has 0 spiro atoms. The van der Waals surface area contributed by atoms with Crippen LogP contribution in [-0.2, 0) is 4.79 Å². The van der Waals surface area contributed by atoms with E-state index in [0.717, 1.165) is 43.1 Å². The number of aliphatic carboxylic acids is 1. The summed E-state index contributed by atoms with van der Waals surface area (Å²) in [6.07, 6.45) is 8.50. The topological polar surface area (TPSA) is 57.5 Å². The highest BCUT2D eigenvalue weighted by Crippen LogP contribution is 2.55. The molecule has 0 aromatic carbocycles. The zero-order valence-electron chi connectivity index (χ0n) is 9.56. The highest BCUT2D eigenvalue weighted by atomic mass is 16.4. The van der Waals surface area contributed by atoms with Crippen molar-refractivity contribution in [3.8, 4) is 0 Å². The molecule has 0 unspecified atom stereocenters. The van der Waals surface area contributed by atoms with Crippen molar-refractivity contribution in [2.45, 2.75) is 44.1 Å². The first-order valence-electron chi connectivity index (χ1n) is 6.08. The standard InChI is InChI=1S/C10H16O.C3H4O2/c11-10-4-7-1-8(5-10)3-9(2-7)6-10;1-2-3(4)5/h7-9,11H,1-6H2;2H,1H2,(H,4,5). The zero-order chi connectivity index (χ0) is 11.8. The Morgan fingerprint density at radius 3 is 1.62 bits per heavy atom. The summed E-state index contributed by atoms with van der Waals surface area (Å²) in [7, 11) is 0. The van der Waals surface area contributed by atoms with Crippen molar-refractivity contribution >= 4 is 5.97 Å². The lowest BCUT2D eigenvalue weighted by Gasteiger charge is -2.54. The minimum Gasteiger partial charge on any atom is -0.478 e. The van der Waals surface area contributed by atoms with Crippen molar-refractivity contribution < 1.29 is 15.0 Å². The summed E-state index contributed by atoms with van der Waals surface area (Å²) in [5.41, 5.74) is -0.200. The molecule has 0 saturated heterocycles. The summed E-state index contributed by atoms with van der Waals surface area (Å²) in [5, 5.41) is 17.7. The van der Waals surface area contributed by atoms with Crippen LogP contribution in [-0.4, -0.2) is 21.8 Å². The van der Waals surface area contributed by atoms with Crippen LogP contribution in [0.4, 0.5) is 0 Å². The van der Waals surface area contributed by atoms with Gasteiger partial charge in [0.25, 0.3) is 0 Å². The minimum absolute atomic E-state index is 0.200. The summed E-state index contributed by atoms with van der Waals surface area (Å²) in [6.45, 7) is 2.96. The second kappa shape index (κ2) is 4.21. The first-order valence-corrected chi connectivity index (χ1v) is 6.08. The highest BCUT2D eigenvalue weighted by Gasteiger charge is 2.49. The van der Waals surface area contributed by atoms with Crippen LogP contribution in [0, 0.1) is 17.8 Å². The van der Waals surface area contributed by atoms with E-state index in [1.807, 2.05) is 0 Å². The van der Waals surface area contributed by atoms with Gasteiger partial charge in [0.2, 0.25) is 0 Å². The van der Waals surface area contributed by atoms with Crippen molar-refractivity contribution in [1.82, 2.24) is 0 Å². The van der Waals surface area contributed by atoms with Crippen LogP contribution in [0.25, 0.3) is 0 Å². The van der Waals surface area contributed by atoms with Gasteiger partial charge in [0.05, 0.1) is 5.60 Å². The van der Waals surface area contributed by atoms with Crippen LogP contribution in [0.1, 0.15) is 38.5 Å². The molecule has 0 radical (unpaired) electrons. The number of carboxylic acids is 1. The van der Waals surface area contributed by atoms with Gasteiger partial charge in [0.15, 0.2) is 0 Å². The Morgan fingerprint density at radius 1 is 1.12 bits per heavy atom. The number of hydrogen-bond acceptors (Lipinski definition) is 2. The van der Waals surface area contributed by atoms with Crippen LogP contribution in [0.2, 0.25) is 0 Å². The fourth-order valence-electron chi connectivity index (χ4n) is 4.06. The van der Waals surface area contributed by atoms with E-state index in [4.69, 9.17) is 5.11 Å². The van der Waals surface area contributed by atoms with Gasteiger partial charge in [-0.2, -0.15) is 0 Å². The molecule has 0 heterocycles. The predicted octanol–water partition coefficient (Wildman–Crippen LogP) is 2.20. The number of hydrogen-bond donors (Lipinski definition) is 2. The van der Waals surface area contributed by atoms with Crippen molar-refractivity contribution in [3.63, 3.8) is 0 Å². The Balaban J connectivity index is 0.000000168. The Labute approximate surface area is 96.2 Å². The molecule has 4 bridgehead atoms. The van der Waals surface area contributed by atoms with E-state index in [2.05, 4.69) is 6.58 Å². The van der Waals surface area contributed by atoms with Crippen molar-refractivity contribution in [2.75, 3.05) is 0 Å². The number of aliphatic hydroxyl groups is 1. The highest BCUT2D eigenvalue weighted by molar-refractivity contribution is 5.78. The molecule has 0 atom stereocenters. The lowest BCUT2D eigenvalue weighted by atomic mass is 9.54. The molecule has 90 valence electrons. The molecule has 0 amide bonds. The maximum absolute atomic E-state index is 10.1. The third-order valence-corrected chi connectivity index (χ3v) is 4.18. The van der Waals surface area contributed by atoms with Gasteiger partial charge in [-0.15, -0.1) is 0 Å². The van der Waals surface area contributed by atoms with Crippen molar-refractivity contribution in [2.24, 2.45) is 17.8 Å². The Kier molecular flexibility index (Phi) is 3.06. The average molecular weight is 224 g/mol. The quantitative estimate of drug-likeness (QED) is 0.671. The van der Waals surface area contributed by atoms with Crippen LogP contribution in [0.5, 0.6) is 0 Å². The fraction of sp³-hybridized carbons (Fsp3) is 0.769. The normalized spacial score (nSPS) is 43.4. The molecular formula is C13H20O3. The van der Waals surface area contributed by atoms with Crippen LogP contribution in [0.15, 0.2) is 12.7 Å². The SMILES string of the molecule is C=CC(=O)O.OC12CC3CC(CC(C3)C1)C2. The average Bonchev–Trinajstić information content (AvgIpc) is 2.14. The lowest BCUT2D eigenvalue weighted by molar-refractivity contribution is -0.131. The van der Waals surface area contributed by atoms with E-state index in [-0.39, 0.29) is 5.60 Å². The van der Waals surface area contributed by atoms with Gasteiger partial charge in [-0.1, -0.05) is 6.58 Å². The maximum Gasteiger partial charge on any atom is 0.327 e. The molecule has 4 aliphatic carbocycles. The predicted molar refractivity (Wildman–Crippen MR) is 61.0 cm³/mol. The largest absolute Gasteiger partial charge is 0.478 e. The van der Waals surface area contributed by atoms with Crippen LogP contribution < -0.4 is 0 Å². The Bertz CT molecular complexity index is 260. The monoisotopic (exact) mass is 224 g/mol. The van der Waals surface area contributed by atoms with Gasteiger partial charge < -0.3 is 10.2 Å². The van der Waals surface area contributed by atoms with Crippen molar-refractivity contribution in [3.05, 3.63) is 12.7 Å². The zero-order valence-corrected chi connectivity index (χ0v) is 9.56. The summed E-state index contributed by atoms with van der Waals surface area (Å²) in [5.74, 6) is 1.70. The molecule has 0 aromatic heterocycles. The van der Waals surface area contributed by atoms with Crippen LogP contribution in [0.3, 0.4) is 0 Å². The molecule has 2 N–H and O–H groups in total. The maximum atomic E-state index is 10.1. The summed E-state index contributed by atoms with van der Waals surface area (Å²) in [6, 6.07) is 0. The third kappa shape index (κ3) is 2.46. The molecule has 4 fully saturated rings. The molecular weight excluding hydrogens is 204 g/mol. The van der Waals surface area contributed by atoms with Gasteiger partial charge in [-0.05, 0) is 56.3 Å². The summed E-state index contributed by atoms with van der Waals surface area (Å²) in [4.78, 5) is 9.25. The summed E-state index contributed by atoms with van der Waals surface area (Å²) >= 11 is 0. The first-order chi connectivity index (χ1) is 7.50. The van der Waals surface area contributed by atoms with Gasteiger partial charge in [-0.25, -0.2) is 4.79 Å². The molecule has 16 heavy (non-hydrogen) atoms. The lowest BCUT2D eigenvalue weighted by Crippen LogP contribution is -2.50.